The van der Waals surface area contributed by atoms with Crippen LogP contribution < -0.4 is 10.1 Å². The predicted octanol–water partition coefficient (Wildman–Crippen LogP) is 4.12. The van der Waals surface area contributed by atoms with Crippen LogP contribution in [-0.2, 0) is 12.1 Å². The summed E-state index contributed by atoms with van der Waals surface area (Å²) in [7, 11) is 0. The van der Waals surface area contributed by atoms with E-state index in [0.29, 0.717) is 18.3 Å². The van der Waals surface area contributed by atoms with Crippen LogP contribution in [0.25, 0.3) is 11.4 Å². The van der Waals surface area contributed by atoms with E-state index in [2.05, 4.69) is 27.4 Å². The molecule has 0 amide bonds. The molecule has 142 valence electrons. The lowest BCUT2D eigenvalue weighted by molar-refractivity contribution is 0.207. The molecule has 3 aromatic rings. The third kappa shape index (κ3) is 4.46. The molecule has 7 heteroatoms. The molecule has 1 aliphatic rings. The first-order valence-corrected chi connectivity index (χ1v) is 8.94. The van der Waals surface area contributed by atoms with E-state index < -0.39 is 0 Å². The van der Waals surface area contributed by atoms with Gasteiger partial charge in [0.15, 0.2) is 0 Å². The Balaban J connectivity index is 0.00000210. The quantitative estimate of drug-likeness (QED) is 0.711. The summed E-state index contributed by atoms with van der Waals surface area (Å²) in [6.07, 6.45) is 6.90. The molecule has 1 saturated heterocycles. The van der Waals surface area contributed by atoms with Crippen LogP contribution in [0.1, 0.15) is 37.6 Å². The molecule has 0 bridgehead atoms. The number of pyridine rings is 1. The van der Waals surface area contributed by atoms with Gasteiger partial charge in [0.25, 0.3) is 0 Å². The van der Waals surface area contributed by atoms with Crippen LogP contribution in [0.4, 0.5) is 0 Å². The monoisotopic (exact) mass is 386 g/mol. The summed E-state index contributed by atoms with van der Waals surface area (Å²) in [5.41, 5.74) is 1.66. The Morgan fingerprint density at radius 3 is 2.93 bits per heavy atom. The maximum absolute atomic E-state index is 5.86. The summed E-state index contributed by atoms with van der Waals surface area (Å²) in [4.78, 5) is 8.73. The van der Waals surface area contributed by atoms with Crippen molar-refractivity contribution in [3.8, 4) is 17.1 Å². The van der Waals surface area contributed by atoms with Crippen molar-refractivity contribution in [3.05, 3.63) is 60.2 Å². The number of ether oxygens (including phenoxy) is 1. The number of benzene rings is 1. The van der Waals surface area contributed by atoms with E-state index in [-0.39, 0.29) is 17.9 Å². The second kappa shape index (κ2) is 8.50. The number of nitrogens with zero attached hydrogens (tertiary/aromatic N) is 3. The van der Waals surface area contributed by atoms with Crippen molar-refractivity contribution >= 4 is 12.4 Å². The molecule has 1 atom stereocenters. The highest BCUT2D eigenvalue weighted by Gasteiger charge is 2.34. The molecule has 1 aromatic carbocycles. The van der Waals surface area contributed by atoms with Crippen LogP contribution in [0.15, 0.2) is 53.3 Å². The molecule has 0 radical (unpaired) electrons. The zero-order valence-corrected chi connectivity index (χ0v) is 16.0. The van der Waals surface area contributed by atoms with E-state index in [9.17, 15) is 0 Å². The van der Waals surface area contributed by atoms with E-state index in [0.717, 1.165) is 29.8 Å². The molecule has 3 heterocycles. The predicted molar refractivity (Wildman–Crippen MR) is 105 cm³/mol. The second-order valence-corrected chi connectivity index (χ2v) is 6.82. The number of hydrogen-bond acceptors (Lipinski definition) is 6. The number of halogens is 1. The van der Waals surface area contributed by atoms with Gasteiger partial charge < -0.3 is 14.6 Å². The van der Waals surface area contributed by atoms with E-state index in [1.54, 1.807) is 12.4 Å². The lowest BCUT2D eigenvalue weighted by Crippen LogP contribution is -2.43. The standard InChI is InChI=1S/C20H22N4O2.ClH/c1-20(9-2-3-11-22-20)19-23-18(24-26-19)16-7-4-8-17(12-16)25-14-15-6-5-10-21-13-15;/h4-8,10,12-13,22H,2-3,9,11,14H2,1H3;1H. The van der Waals surface area contributed by atoms with Crippen molar-refractivity contribution in [3.63, 3.8) is 0 Å². The Hall–Kier alpha value is -2.44. The van der Waals surface area contributed by atoms with E-state index in [4.69, 9.17) is 9.26 Å². The SMILES string of the molecule is CC1(c2nc(-c3cccc(OCc4cccnc4)c3)no2)CCCCN1.Cl. The molecule has 4 rings (SSSR count). The number of nitrogens with one attached hydrogen (secondary N) is 1. The average molecular weight is 387 g/mol. The molecule has 0 aliphatic carbocycles. The van der Waals surface area contributed by atoms with Gasteiger partial charge in [0.2, 0.25) is 11.7 Å². The van der Waals surface area contributed by atoms with Crippen LogP contribution in [0.3, 0.4) is 0 Å². The number of aromatic nitrogens is 3. The Bertz CT molecular complexity index is 863. The zero-order chi connectivity index (χ0) is 17.8. The minimum absolute atomic E-state index is 0. The minimum atomic E-state index is -0.238. The summed E-state index contributed by atoms with van der Waals surface area (Å²) in [5.74, 6) is 1.99. The second-order valence-electron chi connectivity index (χ2n) is 6.82. The first kappa shape index (κ1) is 19.3. The molecule has 27 heavy (non-hydrogen) atoms. The smallest absolute Gasteiger partial charge is 0.246 e. The number of piperidine rings is 1. The van der Waals surface area contributed by atoms with E-state index in [1.807, 2.05) is 36.4 Å². The van der Waals surface area contributed by atoms with Crippen LogP contribution >= 0.6 is 12.4 Å². The molecule has 2 aromatic heterocycles. The zero-order valence-electron chi connectivity index (χ0n) is 15.2. The topological polar surface area (TPSA) is 73.1 Å². The van der Waals surface area contributed by atoms with Gasteiger partial charge in [-0.2, -0.15) is 4.98 Å². The van der Waals surface area contributed by atoms with Gasteiger partial charge in [0.1, 0.15) is 12.4 Å². The largest absolute Gasteiger partial charge is 0.489 e. The van der Waals surface area contributed by atoms with Crippen LogP contribution in [0, 0.1) is 0 Å². The maximum atomic E-state index is 5.86. The highest BCUT2D eigenvalue weighted by molar-refractivity contribution is 5.85. The Morgan fingerprint density at radius 1 is 1.22 bits per heavy atom. The maximum Gasteiger partial charge on any atom is 0.246 e. The Morgan fingerprint density at radius 2 is 2.15 bits per heavy atom. The summed E-state index contributed by atoms with van der Waals surface area (Å²) in [6.45, 7) is 3.57. The van der Waals surface area contributed by atoms with Gasteiger partial charge in [-0.05, 0) is 50.9 Å². The summed E-state index contributed by atoms with van der Waals surface area (Å²) < 4.78 is 11.4. The molecule has 1 fully saturated rings. The van der Waals surface area contributed by atoms with Crippen molar-refractivity contribution in [2.24, 2.45) is 0 Å². The third-order valence-electron chi connectivity index (χ3n) is 4.74. The van der Waals surface area contributed by atoms with Gasteiger partial charge in [-0.1, -0.05) is 23.4 Å². The van der Waals surface area contributed by atoms with Crippen molar-refractivity contribution < 1.29 is 9.26 Å². The molecular weight excluding hydrogens is 364 g/mol. The van der Waals surface area contributed by atoms with Gasteiger partial charge in [0, 0.05) is 23.5 Å². The molecule has 6 nitrogen and oxygen atoms in total. The van der Waals surface area contributed by atoms with Gasteiger partial charge in [-0.3, -0.25) is 4.98 Å². The van der Waals surface area contributed by atoms with E-state index in [1.165, 1.54) is 12.8 Å². The summed E-state index contributed by atoms with van der Waals surface area (Å²) in [6, 6.07) is 11.6. The van der Waals surface area contributed by atoms with Crippen molar-refractivity contribution in [1.82, 2.24) is 20.4 Å². The molecule has 1 aliphatic heterocycles. The molecule has 1 N–H and O–H groups in total. The minimum Gasteiger partial charge on any atom is -0.489 e. The summed E-state index contributed by atoms with van der Waals surface area (Å²) in [5, 5.41) is 7.67. The van der Waals surface area contributed by atoms with Crippen LogP contribution in [0.5, 0.6) is 5.75 Å². The third-order valence-corrected chi connectivity index (χ3v) is 4.74. The number of rotatable bonds is 5. The average Bonchev–Trinajstić information content (AvgIpc) is 3.19. The fourth-order valence-electron chi connectivity index (χ4n) is 3.18. The van der Waals surface area contributed by atoms with Gasteiger partial charge in [-0.15, -0.1) is 12.4 Å². The van der Waals surface area contributed by atoms with Gasteiger partial charge in [-0.25, -0.2) is 0 Å². The molecular formula is C20H23ClN4O2. The highest BCUT2D eigenvalue weighted by atomic mass is 35.5. The van der Waals surface area contributed by atoms with Gasteiger partial charge in [0.05, 0.1) is 5.54 Å². The van der Waals surface area contributed by atoms with Crippen LogP contribution in [-0.4, -0.2) is 21.7 Å². The fourth-order valence-corrected chi connectivity index (χ4v) is 3.18. The molecule has 1 unspecified atom stereocenters. The lowest BCUT2D eigenvalue weighted by Gasteiger charge is -2.31. The fraction of sp³-hybridized carbons (Fsp3) is 0.350. The molecule has 0 spiro atoms. The van der Waals surface area contributed by atoms with Crippen LogP contribution in [0.2, 0.25) is 0 Å². The summed E-state index contributed by atoms with van der Waals surface area (Å²) >= 11 is 0. The first-order valence-electron chi connectivity index (χ1n) is 8.94. The Labute approximate surface area is 164 Å². The van der Waals surface area contributed by atoms with Crippen molar-refractivity contribution in [1.29, 1.82) is 0 Å². The Kier molecular flexibility index (Phi) is 6.08. The molecule has 0 saturated carbocycles. The normalized spacial score (nSPS) is 19.3. The highest BCUT2D eigenvalue weighted by Crippen LogP contribution is 2.30. The lowest BCUT2D eigenvalue weighted by atomic mass is 9.91. The van der Waals surface area contributed by atoms with Gasteiger partial charge >= 0.3 is 0 Å². The van der Waals surface area contributed by atoms with Crippen molar-refractivity contribution in [2.45, 2.75) is 38.3 Å². The first-order chi connectivity index (χ1) is 12.7. The van der Waals surface area contributed by atoms with Crippen molar-refractivity contribution in [2.75, 3.05) is 6.54 Å². The van der Waals surface area contributed by atoms with E-state index >= 15 is 0 Å². The number of hydrogen-bond donors (Lipinski definition) is 1.